The first-order chi connectivity index (χ1) is 10.7. The minimum Gasteiger partial charge on any atom is -0.378 e. The number of rotatable bonds is 4. The fraction of sp³-hybridized carbons (Fsp3) is 0.375. The third kappa shape index (κ3) is 3.48. The molecule has 2 aromatic rings. The summed E-state index contributed by atoms with van der Waals surface area (Å²) in [6.45, 7) is 5.67. The molecule has 0 atom stereocenters. The largest absolute Gasteiger partial charge is 0.378 e. The maximum absolute atomic E-state index is 6.46. The first kappa shape index (κ1) is 15.1. The van der Waals surface area contributed by atoms with Crippen LogP contribution >= 0.6 is 11.6 Å². The Hall–Kier alpha value is -1.85. The fourth-order valence-electron chi connectivity index (χ4n) is 2.38. The number of aryl methyl sites for hydroxylation is 1. The number of halogens is 1. The van der Waals surface area contributed by atoms with Gasteiger partial charge in [0, 0.05) is 0 Å². The van der Waals surface area contributed by atoms with Gasteiger partial charge in [0.05, 0.1) is 50.3 Å². The Morgan fingerprint density at radius 2 is 2.00 bits per heavy atom. The van der Waals surface area contributed by atoms with Crippen molar-refractivity contribution in [2.75, 3.05) is 26.3 Å². The number of hydrogen-bond donors (Lipinski definition) is 0. The normalized spacial score (nSPS) is 15.6. The van der Waals surface area contributed by atoms with Gasteiger partial charge < -0.3 is 4.74 Å². The van der Waals surface area contributed by atoms with Crippen molar-refractivity contribution in [2.24, 2.45) is 5.10 Å². The van der Waals surface area contributed by atoms with Gasteiger partial charge in [-0.05, 0) is 12.5 Å². The predicted octanol–water partition coefficient (Wildman–Crippen LogP) is 2.56. The summed E-state index contributed by atoms with van der Waals surface area (Å²) in [5, 5.41) is 11.6. The first-order valence-corrected chi connectivity index (χ1v) is 7.75. The average Bonchev–Trinajstić information content (AvgIpc) is 2.81. The van der Waals surface area contributed by atoms with Gasteiger partial charge in [-0.15, -0.1) is 0 Å². The smallest absolute Gasteiger partial charge is 0.136 e. The zero-order valence-electron chi connectivity index (χ0n) is 12.6. The molecule has 0 aliphatic carbocycles. The van der Waals surface area contributed by atoms with Crippen LogP contribution in [-0.4, -0.2) is 47.3 Å². The molecule has 1 saturated heterocycles. The van der Waals surface area contributed by atoms with Gasteiger partial charge in [0.1, 0.15) is 5.15 Å². The van der Waals surface area contributed by atoms with Crippen molar-refractivity contribution in [1.29, 1.82) is 0 Å². The molecule has 0 unspecified atom stereocenters. The summed E-state index contributed by atoms with van der Waals surface area (Å²) >= 11 is 6.46. The molecule has 6 heteroatoms. The Kier molecular flexibility index (Phi) is 4.75. The van der Waals surface area contributed by atoms with Gasteiger partial charge in [-0.1, -0.05) is 41.9 Å². The minimum absolute atomic E-state index is 0.623. The molecule has 1 fully saturated rings. The first-order valence-electron chi connectivity index (χ1n) is 7.37. The number of hydrogen-bond acceptors (Lipinski definition) is 4. The number of morpholine rings is 1. The number of nitrogens with zero attached hydrogens (tertiary/aromatic N) is 4. The van der Waals surface area contributed by atoms with Gasteiger partial charge >= 0.3 is 0 Å². The third-order valence-corrected chi connectivity index (χ3v) is 4.02. The van der Waals surface area contributed by atoms with Crippen LogP contribution in [0.2, 0.25) is 5.15 Å². The molecule has 0 bridgehead atoms. The second-order valence-electron chi connectivity index (χ2n) is 5.24. The van der Waals surface area contributed by atoms with Gasteiger partial charge in [-0.2, -0.15) is 10.2 Å². The molecule has 22 heavy (non-hydrogen) atoms. The van der Waals surface area contributed by atoms with Crippen LogP contribution in [0.5, 0.6) is 0 Å². The molecular weight excluding hydrogens is 300 g/mol. The lowest BCUT2D eigenvalue weighted by molar-refractivity contribution is 0.0397. The van der Waals surface area contributed by atoms with Crippen molar-refractivity contribution >= 4 is 17.8 Å². The molecule has 5 nitrogen and oxygen atoms in total. The van der Waals surface area contributed by atoms with Crippen LogP contribution in [0.4, 0.5) is 0 Å². The molecule has 0 saturated carbocycles. The number of hydrazone groups is 1. The highest BCUT2D eigenvalue weighted by atomic mass is 35.5. The molecule has 2 heterocycles. The van der Waals surface area contributed by atoms with Gasteiger partial charge in [-0.25, -0.2) is 4.68 Å². The Balaban J connectivity index is 1.76. The number of ether oxygens (including phenoxy) is 1. The van der Waals surface area contributed by atoms with Gasteiger partial charge in [0.15, 0.2) is 0 Å². The second-order valence-corrected chi connectivity index (χ2v) is 5.60. The van der Waals surface area contributed by atoms with Crippen LogP contribution in [0.15, 0.2) is 35.4 Å². The highest BCUT2D eigenvalue weighted by molar-refractivity contribution is 6.32. The van der Waals surface area contributed by atoms with Gasteiger partial charge in [-0.3, -0.25) is 5.01 Å². The quantitative estimate of drug-likeness (QED) is 0.814. The molecule has 3 rings (SSSR count). The topological polar surface area (TPSA) is 42.7 Å². The lowest BCUT2D eigenvalue weighted by Gasteiger charge is -2.23. The molecule has 0 spiro atoms. The highest BCUT2D eigenvalue weighted by Gasteiger charge is 2.13. The van der Waals surface area contributed by atoms with E-state index in [4.69, 9.17) is 16.3 Å². The lowest BCUT2D eigenvalue weighted by atomic mass is 10.2. The molecule has 1 aliphatic heterocycles. The van der Waals surface area contributed by atoms with E-state index >= 15 is 0 Å². The number of aromatic nitrogens is 2. The number of benzene rings is 1. The molecule has 0 N–H and O–H groups in total. The van der Waals surface area contributed by atoms with E-state index in [-0.39, 0.29) is 0 Å². The zero-order chi connectivity index (χ0) is 15.4. The lowest BCUT2D eigenvalue weighted by Crippen LogP contribution is -2.32. The van der Waals surface area contributed by atoms with E-state index in [0.29, 0.717) is 11.7 Å². The van der Waals surface area contributed by atoms with Crippen molar-refractivity contribution in [3.63, 3.8) is 0 Å². The Bertz CT molecular complexity index is 648. The fourth-order valence-corrected chi connectivity index (χ4v) is 2.67. The summed E-state index contributed by atoms with van der Waals surface area (Å²) in [5.74, 6) is 0. The van der Waals surface area contributed by atoms with E-state index in [9.17, 15) is 0 Å². The summed E-state index contributed by atoms with van der Waals surface area (Å²) in [6, 6.07) is 10.2. The van der Waals surface area contributed by atoms with Crippen LogP contribution in [0.1, 0.15) is 16.8 Å². The van der Waals surface area contributed by atoms with Crippen molar-refractivity contribution < 1.29 is 4.74 Å². The van der Waals surface area contributed by atoms with Crippen molar-refractivity contribution in [3.05, 3.63) is 52.3 Å². The summed E-state index contributed by atoms with van der Waals surface area (Å²) in [5.41, 5.74) is 2.94. The minimum atomic E-state index is 0.623. The van der Waals surface area contributed by atoms with Crippen LogP contribution in [0.3, 0.4) is 0 Å². The van der Waals surface area contributed by atoms with E-state index in [0.717, 1.165) is 37.6 Å². The summed E-state index contributed by atoms with van der Waals surface area (Å²) in [7, 11) is 0. The summed E-state index contributed by atoms with van der Waals surface area (Å²) in [4.78, 5) is 0. The molecular formula is C16H19ClN4O. The van der Waals surface area contributed by atoms with Crippen LogP contribution < -0.4 is 0 Å². The molecule has 0 amide bonds. The molecule has 116 valence electrons. The van der Waals surface area contributed by atoms with Crippen LogP contribution in [0, 0.1) is 6.92 Å². The molecule has 1 aliphatic rings. The second kappa shape index (κ2) is 6.94. The summed E-state index contributed by atoms with van der Waals surface area (Å²) < 4.78 is 7.12. The Morgan fingerprint density at radius 3 is 2.73 bits per heavy atom. The maximum atomic E-state index is 6.46. The van der Waals surface area contributed by atoms with E-state index in [1.807, 2.05) is 34.8 Å². The maximum Gasteiger partial charge on any atom is 0.136 e. The molecule has 1 aromatic heterocycles. The van der Waals surface area contributed by atoms with E-state index in [1.165, 1.54) is 5.56 Å². The molecule has 0 radical (unpaired) electrons. The summed E-state index contributed by atoms with van der Waals surface area (Å²) in [6.07, 6.45) is 1.80. The Labute approximate surface area is 135 Å². The average molecular weight is 319 g/mol. The highest BCUT2D eigenvalue weighted by Crippen LogP contribution is 2.19. The molecule has 1 aromatic carbocycles. The Morgan fingerprint density at radius 1 is 1.27 bits per heavy atom. The van der Waals surface area contributed by atoms with Crippen LogP contribution in [0.25, 0.3) is 0 Å². The standard InChI is InChI=1S/C16H19ClN4O/c1-13-15(11-18-20-7-9-22-10-8-20)16(17)21(19-13)12-14-5-3-2-4-6-14/h2-6,11H,7-10,12H2,1H3/b18-11+. The van der Waals surface area contributed by atoms with Gasteiger partial charge in [0.2, 0.25) is 0 Å². The van der Waals surface area contributed by atoms with E-state index in [1.54, 1.807) is 6.21 Å². The van der Waals surface area contributed by atoms with Crippen molar-refractivity contribution in [1.82, 2.24) is 14.8 Å². The van der Waals surface area contributed by atoms with E-state index < -0.39 is 0 Å². The third-order valence-electron chi connectivity index (χ3n) is 3.62. The zero-order valence-corrected chi connectivity index (χ0v) is 13.3. The van der Waals surface area contributed by atoms with E-state index in [2.05, 4.69) is 22.3 Å². The van der Waals surface area contributed by atoms with Crippen molar-refractivity contribution in [2.45, 2.75) is 13.5 Å². The van der Waals surface area contributed by atoms with Crippen LogP contribution in [-0.2, 0) is 11.3 Å². The van der Waals surface area contributed by atoms with Crippen molar-refractivity contribution in [3.8, 4) is 0 Å². The van der Waals surface area contributed by atoms with Gasteiger partial charge in [0.25, 0.3) is 0 Å². The monoisotopic (exact) mass is 318 g/mol. The SMILES string of the molecule is Cc1nn(Cc2ccccc2)c(Cl)c1/C=N/N1CCOCC1. The predicted molar refractivity (Wildman–Crippen MR) is 87.5 cm³/mol.